The lowest BCUT2D eigenvalue weighted by atomic mass is 9.84. The molecule has 1 aromatic heterocycles. The predicted octanol–water partition coefficient (Wildman–Crippen LogP) is 3.86. The second-order valence-electron chi connectivity index (χ2n) is 10.0. The molecule has 12 heteroatoms. The molecule has 0 radical (unpaired) electrons. The Morgan fingerprint density at radius 2 is 1.93 bits per heavy atom. The van der Waals surface area contributed by atoms with Gasteiger partial charge in [-0.15, -0.1) is 0 Å². The molecule has 1 fully saturated rings. The summed E-state index contributed by atoms with van der Waals surface area (Å²) in [6.45, 7) is -0.420. The van der Waals surface area contributed by atoms with Crippen LogP contribution in [0.1, 0.15) is 30.5 Å². The third-order valence-electron chi connectivity index (χ3n) is 7.49. The van der Waals surface area contributed by atoms with Gasteiger partial charge in [-0.2, -0.15) is 13.2 Å². The third-order valence-corrected chi connectivity index (χ3v) is 7.49. The molecule has 1 aliphatic heterocycles. The maximum atomic E-state index is 14.3. The predicted molar refractivity (Wildman–Crippen MR) is 130 cm³/mol. The van der Waals surface area contributed by atoms with E-state index in [1.54, 1.807) is 0 Å². The Morgan fingerprint density at radius 1 is 1.20 bits per heavy atom. The van der Waals surface area contributed by atoms with Crippen LogP contribution in [0.4, 0.5) is 22.0 Å². The quantitative estimate of drug-likeness (QED) is 0.499. The van der Waals surface area contributed by atoms with Gasteiger partial charge in [0.2, 0.25) is 5.91 Å². The highest BCUT2D eigenvalue weighted by atomic mass is 19.4. The Balaban J connectivity index is 1.34. The molecule has 0 bridgehead atoms. The van der Waals surface area contributed by atoms with Gasteiger partial charge in [0.15, 0.2) is 17.2 Å². The van der Waals surface area contributed by atoms with E-state index in [9.17, 15) is 36.3 Å². The number of ether oxygens (including phenoxy) is 1. The Labute approximate surface area is 225 Å². The number of nitrogens with zero attached hydrogens (tertiary/aromatic N) is 3. The summed E-state index contributed by atoms with van der Waals surface area (Å²) < 4.78 is 74.3. The number of alkyl halides is 3. The third kappa shape index (κ3) is 4.97. The first-order valence-corrected chi connectivity index (χ1v) is 12.5. The SMILES string of the molecule is C[C@H](N(Cc1ccc(F)cc1)C(=O)CN1CO[C@]2(C1)C(=O)CC1=C2C=CC(c2ncccc2F)C1=O)C(F)(F)F. The molecule has 1 unspecified atom stereocenters. The van der Waals surface area contributed by atoms with E-state index in [0.717, 1.165) is 19.1 Å². The number of benzene rings is 1. The zero-order chi connectivity index (χ0) is 28.8. The van der Waals surface area contributed by atoms with Crippen molar-refractivity contribution in [1.82, 2.24) is 14.8 Å². The van der Waals surface area contributed by atoms with Gasteiger partial charge in [-0.25, -0.2) is 8.78 Å². The minimum atomic E-state index is -4.71. The van der Waals surface area contributed by atoms with Gasteiger partial charge in [0.1, 0.15) is 24.4 Å². The number of Topliss-reactive ketones (excluding diaryl/α,β-unsaturated/α-hetero) is 2. The van der Waals surface area contributed by atoms with Crippen molar-refractivity contribution in [2.24, 2.45) is 0 Å². The number of hydrogen-bond donors (Lipinski definition) is 0. The minimum Gasteiger partial charge on any atom is -0.346 e. The van der Waals surface area contributed by atoms with Crippen LogP contribution in [0, 0.1) is 11.6 Å². The number of carbonyl (C=O) groups is 3. The van der Waals surface area contributed by atoms with Crippen molar-refractivity contribution in [3.05, 3.63) is 88.8 Å². The van der Waals surface area contributed by atoms with Crippen LogP contribution in [0.5, 0.6) is 0 Å². The van der Waals surface area contributed by atoms with Gasteiger partial charge in [-0.1, -0.05) is 24.3 Å². The molecule has 2 aliphatic carbocycles. The average Bonchev–Trinajstić information content (AvgIpc) is 3.45. The van der Waals surface area contributed by atoms with Gasteiger partial charge >= 0.3 is 6.18 Å². The lowest BCUT2D eigenvalue weighted by Gasteiger charge is -2.32. The first-order chi connectivity index (χ1) is 18.9. The van der Waals surface area contributed by atoms with Crippen LogP contribution in [0.2, 0.25) is 0 Å². The fourth-order valence-electron chi connectivity index (χ4n) is 5.28. The molecule has 5 rings (SSSR count). The van der Waals surface area contributed by atoms with Gasteiger partial charge in [0.25, 0.3) is 0 Å². The second kappa shape index (κ2) is 10.3. The molecule has 2 heterocycles. The number of ketones is 2. The average molecular weight is 562 g/mol. The molecule has 210 valence electrons. The van der Waals surface area contributed by atoms with Gasteiger partial charge < -0.3 is 9.64 Å². The van der Waals surface area contributed by atoms with Gasteiger partial charge in [-0.3, -0.25) is 24.3 Å². The fourth-order valence-corrected chi connectivity index (χ4v) is 5.28. The van der Waals surface area contributed by atoms with E-state index in [1.807, 2.05) is 0 Å². The first kappa shape index (κ1) is 27.8. The molecule has 1 aromatic carbocycles. The van der Waals surface area contributed by atoms with E-state index in [1.165, 1.54) is 47.5 Å². The number of allylic oxidation sites excluding steroid dienone is 2. The molecule has 7 nitrogen and oxygen atoms in total. The Bertz CT molecular complexity index is 1420. The van der Waals surface area contributed by atoms with Crippen LogP contribution in [0.25, 0.3) is 0 Å². The first-order valence-electron chi connectivity index (χ1n) is 12.5. The van der Waals surface area contributed by atoms with Crippen molar-refractivity contribution in [1.29, 1.82) is 0 Å². The maximum Gasteiger partial charge on any atom is 0.408 e. The molecule has 1 spiro atoms. The molecular formula is C28H24F5N3O4. The molecular weight excluding hydrogens is 537 g/mol. The highest BCUT2D eigenvalue weighted by Gasteiger charge is 2.56. The van der Waals surface area contributed by atoms with E-state index in [0.29, 0.717) is 16.0 Å². The highest BCUT2D eigenvalue weighted by molar-refractivity contribution is 6.14. The van der Waals surface area contributed by atoms with E-state index >= 15 is 0 Å². The van der Waals surface area contributed by atoms with Crippen LogP contribution in [0.3, 0.4) is 0 Å². The van der Waals surface area contributed by atoms with Crippen LogP contribution in [0.15, 0.2) is 65.9 Å². The Kier molecular flexibility index (Phi) is 7.17. The summed E-state index contributed by atoms with van der Waals surface area (Å²) in [6, 6.07) is 5.24. The zero-order valence-corrected chi connectivity index (χ0v) is 21.3. The number of pyridine rings is 1. The van der Waals surface area contributed by atoms with Crippen molar-refractivity contribution in [2.75, 3.05) is 19.8 Å². The monoisotopic (exact) mass is 561 g/mol. The van der Waals surface area contributed by atoms with E-state index in [4.69, 9.17) is 4.74 Å². The second-order valence-corrected chi connectivity index (χ2v) is 10.0. The van der Waals surface area contributed by atoms with Gasteiger partial charge in [0.05, 0.1) is 18.2 Å². The molecule has 1 amide bonds. The number of amides is 1. The molecule has 1 saturated heterocycles. The fraction of sp³-hybridized carbons (Fsp3) is 0.357. The van der Waals surface area contributed by atoms with Crippen molar-refractivity contribution < 1.29 is 41.1 Å². The molecule has 0 saturated carbocycles. The summed E-state index contributed by atoms with van der Waals surface area (Å²) in [7, 11) is 0. The minimum absolute atomic E-state index is 0.0664. The molecule has 2 aromatic rings. The normalized spacial score (nSPS) is 23.7. The summed E-state index contributed by atoms with van der Waals surface area (Å²) in [6.07, 6.45) is -0.639. The number of rotatable bonds is 6. The summed E-state index contributed by atoms with van der Waals surface area (Å²) >= 11 is 0. The summed E-state index contributed by atoms with van der Waals surface area (Å²) in [5.41, 5.74) is -0.850. The smallest absolute Gasteiger partial charge is 0.346 e. The standard InChI is InChI=1S/C28H24F5N3O4/c1-16(28(31,32)33)36(12-17-4-6-18(29)7-5-17)24(38)13-35-14-27(40-15-35)21-9-8-19(25-22(30)3-2-10-34-25)26(39)20(21)11-23(27)37/h2-10,16,19H,11-15H2,1H3/t16-,19?,27-/m0/s1. The molecule has 3 aliphatic rings. The summed E-state index contributed by atoms with van der Waals surface area (Å²) in [5, 5.41) is 0. The van der Waals surface area contributed by atoms with Gasteiger partial charge in [-0.05, 0) is 42.3 Å². The van der Waals surface area contributed by atoms with Crippen LogP contribution >= 0.6 is 0 Å². The van der Waals surface area contributed by atoms with Crippen LogP contribution < -0.4 is 0 Å². The number of aromatic nitrogens is 1. The molecule has 40 heavy (non-hydrogen) atoms. The zero-order valence-electron chi connectivity index (χ0n) is 21.3. The van der Waals surface area contributed by atoms with E-state index in [-0.39, 0.29) is 31.0 Å². The highest BCUT2D eigenvalue weighted by Crippen LogP contribution is 2.45. The Morgan fingerprint density at radius 3 is 2.60 bits per heavy atom. The number of halogens is 5. The van der Waals surface area contributed by atoms with Crippen LogP contribution in [-0.4, -0.2) is 69.9 Å². The lowest BCUT2D eigenvalue weighted by Crippen LogP contribution is -2.50. The van der Waals surface area contributed by atoms with Gasteiger partial charge in [0, 0.05) is 31.3 Å². The number of hydrogen-bond acceptors (Lipinski definition) is 6. The summed E-state index contributed by atoms with van der Waals surface area (Å²) in [4.78, 5) is 45.6. The van der Waals surface area contributed by atoms with E-state index < -0.39 is 65.9 Å². The lowest BCUT2D eigenvalue weighted by molar-refractivity contribution is -0.187. The van der Waals surface area contributed by atoms with Crippen molar-refractivity contribution >= 4 is 17.5 Å². The largest absolute Gasteiger partial charge is 0.408 e. The Hall–Kier alpha value is -3.77. The van der Waals surface area contributed by atoms with Crippen molar-refractivity contribution in [2.45, 2.75) is 43.6 Å². The topological polar surface area (TPSA) is 79.8 Å². The maximum absolute atomic E-state index is 14.3. The van der Waals surface area contributed by atoms with Crippen molar-refractivity contribution in [3.63, 3.8) is 0 Å². The molecule has 3 atom stereocenters. The summed E-state index contributed by atoms with van der Waals surface area (Å²) in [5.74, 6) is -4.01. The number of fused-ring (bicyclic) bond motifs is 1. The number of carbonyl (C=O) groups excluding carboxylic acids is 3. The molecule has 0 N–H and O–H groups in total. The van der Waals surface area contributed by atoms with Crippen molar-refractivity contribution in [3.8, 4) is 0 Å². The van der Waals surface area contributed by atoms with E-state index in [2.05, 4.69) is 4.98 Å². The van der Waals surface area contributed by atoms with Crippen LogP contribution in [-0.2, 0) is 25.7 Å².